The molecule has 1 aromatic heterocycles. The van der Waals surface area contributed by atoms with Gasteiger partial charge in [-0.1, -0.05) is 0 Å². The number of halogens is 1. The highest BCUT2D eigenvalue weighted by atomic mass is 79.9. The van der Waals surface area contributed by atoms with Crippen molar-refractivity contribution in [1.29, 1.82) is 0 Å². The van der Waals surface area contributed by atoms with Crippen LogP contribution in [0, 0.1) is 5.92 Å². The third-order valence-electron chi connectivity index (χ3n) is 3.95. The minimum atomic E-state index is 0.475. The Morgan fingerprint density at radius 2 is 2.24 bits per heavy atom. The van der Waals surface area contributed by atoms with Gasteiger partial charge in [0.15, 0.2) is 6.29 Å². The van der Waals surface area contributed by atoms with Gasteiger partial charge in [-0.25, -0.2) is 5.01 Å². The van der Waals surface area contributed by atoms with E-state index in [0.717, 1.165) is 35.3 Å². The van der Waals surface area contributed by atoms with Gasteiger partial charge in [0.25, 0.3) is 0 Å². The number of hydrogen-bond donors (Lipinski definition) is 1. The number of carbonyl (C=O) groups is 1. The first kappa shape index (κ1) is 11.8. The summed E-state index contributed by atoms with van der Waals surface area (Å²) in [4.78, 5) is 11.1. The van der Waals surface area contributed by atoms with E-state index < -0.39 is 0 Å². The Morgan fingerprint density at radius 3 is 2.94 bits per heavy atom. The van der Waals surface area contributed by atoms with Gasteiger partial charge in [0.1, 0.15) is 0 Å². The minimum absolute atomic E-state index is 0.475. The van der Waals surface area contributed by atoms with E-state index in [9.17, 15) is 4.79 Å². The van der Waals surface area contributed by atoms with Crippen LogP contribution in [-0.4, -0.2) is 30.9 Å². The number of rotatable bonds is 2. The van der Waals surface area contributed by atoms with Gasteiger partial charge in [-0.3, -0.25) is 10.2 Å². The van der Waals surface area contributed by atoms with E-state index in [-0.39, 0.29) is 0 Å². The number of hydrogen-bond acceptors (Lipinski definition) is 4. The normalized spacial score (nSPS) is 32.4. The number of aldehydes is 1. The smallest absolute Gasteiger partial charge is 0.151 e. The summed E-state index contributed by atoms with van der Waals surface area (Å²) in [6.45, 7) is 3.24. The number of hydrazine groups is 1. The average molecular weight is 315 g/mol. The molecule has 0 amide bonds. The van der Waals surface area contributed by atoms with Crippen LogP contribution in [0.3, 0.4) is 0 Å². The monoisotopic (exact) mass is 314 g/mol. The fourth-order valence-corrected chi connectivity index (χ4v) is 4.61. The lowest BCUT2D eigenvalue weighted by molar-refractivity contribution is 0.112. The van der Waals surface area contributed by atoms with Crippen LogP contribution in [0.2, 0.25) is 0 Å². The number of fused-ring (bicyclic) bond motifs is 4. The zero-order chi connectivity index (χ0) is 11.8. The zero-order valence-corrected chi connectivity index (χ0v) is 11.9. The van der Waals surface area contributed by atoms with E-state index in [2.05, 4.69) is 26.4 Å². The van der Waals surface area contributed by atoms with Crippen molar-refractivity contribution in [3.8, 4) is 0 Å². The first-order valence-corrected chi connectivity index (χ1v) is 7.67. The molecule has 0 spiro atoms. The number of nitrogens with zero attached hydrogens (tertiary/aromatic N) is 1. The fourth-order valence-electron chi connectivity index (χ4n) is 3.00. The number of carbonyl (C=O) groups excluding carboxylic acids is 1. The highest BCUT2D eigenvalue weighted by Gasteiger charge is 2.34. The Morgan fingerprint density at radius 1 is 1.47 bits per heavy atom. The second-order valence-corrected chi connectivity index (χ2v) is 6.99. The van der Waals surface area contributed by atoms with Gasteiger partial charge in [-0.15, -0.1) is 11.3 Å². The Bertz CT molecular complexity index is 426. The van der Waals surface area contributed by atoms with Crippen molar-refractivity contribution in [2.24, 2.45) is 5.92 Å². The quantitative estimate of drug-likeness (QED) is 0.852. The maximum atomic E-state index is 11.1. The molecule has 3 saturated heterocycles. The van der Waals surface area contributed by atoms with Crippen LogP contribution in [0.1, 0.15) is 34.7 Å². The lowest BCUT2D eigenvalue weighted by atomic mass is 9.81. The van der Waals surface area contributed by atoms with Crippen LogP contribution in [0.25, 0.3) is 0 Å². The molecule has 0 saturated carbocycles. The van der Waals surface area contributed by atoms with Crippen LogP contribution >= 0.6 is 27.3 Å². The van der Waals surface area contributed by atoms with Crippen molar-refractivity contribution in [3.05, 3.63) is 20.3 Å². The lowest BCUT2D eigenvalue weighted by Gasteiger charge is -2.28. The molecule has 1 unspecified atom stereocenters. The molecule has 1 atom stereocenters. The first-order chi connectivity index (χ1) is 8.29. The van der Waals surface area contributed by atoms with Crippen molar-refractivity contribution in [2.75, 3.05) is 19.6 Å². The van der Waals surface area contributed by atoms with Crippen molar-refractivity contribution in [2.45, 2.75) is 18.8 Å². The molecule has 0 aliphatic carbocycles. The van der Waals surface area contributed by atoms with E-state index in [4.69, 9.17) is 0 Å². The summed E-state index contributed by atoms with van der Waals surface area (Å²) in [5, 5.41) is 4.28. The van der Waals surface area contributed by atoms with Crippen molar-refractivity contribution >= 4 is 33.6 Å². The lowest BCUT2D eigenvalue weighted by Crippen LogP contribution is -2.39. The summed E-state index contributed by atoms with van der Waals surface area (Å²) in [5.41, 5.74) is 5.59. The maximum Gasteiger partial charge on any atom is 0.151 e. The molecule has 17 heavy (non-hydrogen) atoms. The highest BCUT2D eigenvalue weighted by Crippen LogP contribution is 2.41. The average Bonchev–Trinajstić information content (AvgIpc) is 2.55. The molecule has 5 heteroatoms. The molecule has 0 radical (unpaired) electrons. The SMILES string of the molecule is O=Cc1csc(Br)c1C1CNN2CCC1CC2. The van der Waals surface area contributed by atoms with Gasteiger partial charge < -0.3 is 0 Å². The van der Waals surface area contributed by atoms with Crippen molar-refractivity contribution in [1.82, 2.24) is 10.4 Å². The van der Waals surface area contributed by atoms with Gasteiger partial charge in [-0.2, -0.15) is 0 Å². The van der Waals surface area contributed by atoms with E-state index in [1.807, 2.05) is 5.38 Å². The van der Waals surface area contributed by atoms with Crippen LogP contribution in [0.15, 0.2) is 9.17 Å². The minimum Gasteiger partial charge on any atom is -0.298 e. The van der Waals surface area contributed by atoms with Gasteiger partial charge in [-0.05, 0) is 40.3 Å². The predicted molar refractivity (Wildman–Crippen MR) is 72.4 cm³/mol. The molecule has 0 aromatic carbocycles. The van der Waals surface area contributed by atoms with Gasteiger partial charge >= 0.3 is 0 Å². The number of piperidine rings is 1. The highest BCUT2D eigenvalue weighted by molar-refractivity contribution is 9.11. The summed E-state index contributed by atoms with van der Waals surface area (Å²) < 4.78 is 1.13. The van der Waals surface area contributed by atoms with E-state index in [0.29, 0.717) is 11.8 Å². The molecule has 4 rings (SSSR count). The second kappa shape index (κ2) is 4.80. The van der Waals surface area contributed by atoms with Gasteiger partial charge in [0.2, 0.25) is 0 Å². The molecular weight excluding hydrogens is 300 g/mol. The van der Waals surface area contributed by atoms with Gasteiger partial charge in [0.05, 0.1) is 3.79 Å². The zero-order valence-electron chi connectivity index (χ0n) is 9.49. The molecule has 3 fully saturated rings. The van der Waals surface area contributed by atoms with E-state index in [1.54, 1.807) is 11.3 Å². The molecule has 3 nitrogen and oxygen atoms in total. The van der Waals surface area contributed by atoms with Crippen LogP contribution in [0.4, 0.5) is 0 Å². The number of thiophene rings is 1. The molecule has 3 aliphatic heterocycles. The molecule has 1 N–H and O–H groups in total. The molecule has 92 valence electrons. The largest absolute Gasteiger partial charge is 0.298 e. The molecule has 1 aromatic rings. The summed E-state index contributed by atoms with van der Waals surface area (Å²) in [6, 6.07) is 0. The number of nitrogens with one attached hydrogen (secondary N) is 1. The maximum absolute atomic E-state index is 11.1. The van der Waals surface area contributed by atoms with Gasteiger partial charge in [0, 0.05) is 36.5 Å². The fraction of sp³-hybridized carbons (Fsp3) is 0.583. The Kier molecular flexibility index (Phi) is 3.34. The van der Waals surface area contributed by atoms with Crippen molar-refractivity contribution < 1.29 is 4.79 Å². The van der Waals surface area contributed by atoms with E-state index in [1.165, 1.54) is 18.4 Å². The first-order valence-electron chi connectivity index (χ1n) is 6.00. The van der Waals surface area contributed by atoms with Crippen LogP contribution in [0.5, 0.6) is 0 Å². The van der Waals surface area contributed by atoms with Crippen molar-refractivity contribution in [3.63, 3.8) is 0 Å². The topological polar surface area (TPSA) is 32.3 Å². The third-order valence-corrected chi connectivity index (χ3v) is 5.74. The molecule has 3 aliphatic rings. The summed E-state index contributed by atoms with van der Waals surface area (Å²) in [5.74, 6) is 1.19. The third kappa shape index (κ3) is 2.10. The molecular formula is C12H15BrN2OS. The summed E-state index contributed by atoms with van der Waals surface area (Å²) >= 11 is 5.23. The second-order valence-electron chi connectivity index (χ2n) is 4.79. The van der Waals surface area contributed by atoms with Crippen LogP contribution < -0.4 is 5.43 Å². The molecule has 4 heterocycles. The standard InChI is InChI=1S/C12H15BrN2OS/c13-12-11(9(6-16)7-17-12)10-5-14-15-3-1-8(10)2-4-15/h6-8,10,14H,1-5H2. The Hall–Kier alpha value is -0.230. The predicted octanol–water partition coefficient (Wildman–Crippen LogP) is 2.64. The summed E-state index contributed by atoms with van der Waals surface area (Å²) in [7, 11) is 0. The molecule has 2 bridgehead atoms. The van der Waals surface area contributed by atoms with E-state index >= 15 is 0 Å². The Balaban J connectivity index is 1.96. The van der Waals surface area contributed by atoms with Crippen LogP contribution in [-0.2, 0) is 0 Å². The summed E-state index contributed by atoms with van der Waals surface area (Å²) in [6.07, 6.45) is 3.46. The Labute approximate surface area is 113 Å².